The first-order chi connectivity index (χ1) is 16.8. The first-order valence-corrected chi connectivity index (χ1v) is 12.1. The Morgan fingerprint density at radius 3 is 2.47 bits per heavy atom. The van der Waals surface area contributed by atoms with Gasteiger partial charge >= 0.3 is 0 Å². The van der Waals surface area contributed by atoms with E-state index in [1.165, 1.54) is 41.9 Å². The molecule has 1 unspecified atom stereocenters. The van der Waals surface area contributed by atoms with E-state index in [2.05, 4.69) is 59.0 Å². The van der Waals surface area contributed by atoms with Crippen LogP contribution in [0.4, 0.5) is 0 Å². The number of hydrogen-bond donors (Lipinski definition) is 0. The number of pyridine rings is 3. The predicted molar refractivity (Wildman–Crippen MR) is 143 cm³/mol. The van der Waals surface area contributed by atoms with Crippen LogP contribution in [0.1, 0.15) is 17.0 Å². The Labute approximate surface area is 200 Å². The molecular weight excluding hydrogens is 434 g/mol. The highest BCUT2D eigenvalue weighted by atomic mass is 32.1. The second-order valence-electron chi connectivity index (χ2n) is 8.47. The maximum atomic E-state index is 4.91. The summed E-state index contributed by atoms with van der Waals surface area (Å²) in [5.74, 6) is -0.0329. The van der Waals surface area contributed by atoms with E-state index in [-0.39, 0.29) is 5.92 Å². The van der Waals surface area contributed by atoms with Gasteiger partial charge in [-0.2, -0.15) is 0 Å². The minimum absolute atomic E-state index is 0.0329. The van der Waals surface area contributed by atoms with Gasteiger partial charge in [-0.3, -0.25) is 15.0 Å². The standard InChI is InChI=1S/C30H19N3S/c1-2-18(19-13-16-31-17-23(19)24-9-3-4-14-32-24)21-11-12-26-29-27-20(7-5-10-25(27)34-26)22-8-6-15-33-30(22)28(21)29/h2-18H,1H2. The third kappa shape index (κ3) is 2.66. The van der Waals surface area contributed by atoms with Gasteiger partial charge in [0.05, 0.1) is 11.2 Å². The summed E-state index contributed by atoms with van der Waals surface area (Å²) in [5.41, 5.74) is 5.33. The van der Waals surface area contributed by atoms with Crippen molar-refractivity contribution in [3.05, 3.63) is 115 Å². The lowest BCUT2D eigenvalue weighted by atomic mass is 9.83. The molecule has 0 N–H and O–H groups in total. The predicted octanol–water partition coefficient (Wildman–Crippen LogP) is 7.97. The molecule has 4 heteroatoms. The van der Waals surface area contributed by atoms with Crippen molar-refractivity contribution in [2.45, 2.75) is 5.92 Å². The van der Waals surface area contributed by atoms with Crippen molar-refractivity contribution in [2.75, 3.05) is 0 Å². The van der Waals surface area contributed by atoms with Crippen LogP contribution < -0.4 is 0 Å². The maximum Gasteiger partial charge on any atom is 0.0790 e. The molecule has 0 fully saturated rings. The van der Waals surface area contributed by atoms with Gasteiger partial charge in [0, 0.05) is 67.2 Å². The third-order valence-electron chi connectivity index (χ3n) is 6.73. The van der Waals surface area contributed by atoms with Gasteiger partial charge < -0.3 is 0 Å². The summed E-state index contributed by atoms with van der Waals surface area (Å²) >= 11 is 1.85. The summed E-state index contributed by atoms with van der Waals surface area (Å²) in [6.07, 6.45) is 9.51. The van der Waals surface area contributed by atoms with Crippen molar-refractivity contribution >= 4 is 53.2 Å². The zero-order valence-electron chi connectivity index (χ0n) is 18.3. The first kappa shape index (κ1) is 19.3. The highest BCUT2D eigenvalue weighted by Gasteiger charge is 2.24. The van der Waals surface area contributed by atoms with Gasteiger partial charge in [0.1, 0.15) is 0 Å². The summed E-state index contributed by atoms with van der Waals surface area (Å²) in [6, 6.07) is 23.4. The lowest BCUT2D eigenvalue weighted by Gasteiger charge is -2.20. The van der Waals surface area contributed by atoms with Crippen LogP contribution in [0.25, 0.3) is 53.1 Å². The number of fused-ring (bicyclic) bond motifs is 3. The minimum atomic E-state index is -0.0329. The van der Waals surface area contributed by atoms with E-state index in [0.717, 1.165) is 22.3 Å². The SMILES string of the molecule is C=CC(c1ccncc1-c1ccccn1)c1ccc2sc3cccc4c5cccnc5c1c2c34. The molecule has 0 aliphatic rings. The summed E-state index contributed by atoms with van der Waals surface area (Å²) in [4.78, 5) is 13.9. The van der Waals surface area contributed by atoms with Gasteiger partial charge in [0.25, 0.3) is 0 Å². The zero-order chi connectivity index (χ0) is 22.6. The van der Waals surface area contributed by atoms with E-state index in [1.807, 2.05) is 66.5 Å². The number of allylic oxidation sites excluding steroid dienone is 1. The van der Waals surface area contributed by atoms with E-state index in [9.17, 15) is 0 Å². The Hall–Kier alpha value is -4.15. The normalized spacial score (nSPS) is 12.7. The molecule has 3 nitrogen and oxygen atoms in total. The molecule has 0 amide bonds. The molecule has 0 saturated carbocycles. The number of rotatable bonds is 4. The highest BCUT2D eigenvalue weighted by molar-refractivity contribution is 7.26. The van der Waals surface area contributed by atoms with E-state index >= 15 is 0 Å². The molecule has 7 aromatic rings. The number of aromatic nitrogens is 3. The fraction of sp³-hybridized carbons (Fsp3) is 0.0333. The van der Waals surface area contributed by atoms with Gasteiger partial charge in [-0.15, -0.1) is 17.9 Å². The summed E-state index contributed by atoms with van der Waals surface area (Å²) in [7, 11) is 0. The topological polar surface area (TPSA) is 38.7 Å². The molecule has 0 radical (unpaired) electrons. The number of benzene rings is 3. The molecule has 0 aliphatic carbocycles. The van der Waals surface area contributed by atoms with Crippen LogP contribution in [0.2, 0.25) is 0 Å². The van der Waals surface area contributed by atoms with Crippen LogP contribution in [0.5, 0.6) is 0 Å². The summed E-state index contributed by atoms with van der Waals surface area (Å²) in [6.45, 7) is 4.27. The maximum absolute atomic E-state index is 4.91. The van der Waals surface area contributed by atoms with Gasteiger partial charge in [0.15, 0.2) is 0 Å². The van der Waals surface area contributed by atoms with Crippen molar-refractivity contribution in [3.63, 3.8) is 0 Å². The largest absolute Gasteiger partial charge is 0.264 e. The van der Waals surface area contributed by atoms with Gasteiger partial charge in [-0.25, -0.2) is 0 Å². The van der Waals surface area contributed by atoms with Crippen LogP contribution in [-0.2, 0) is 0 Å². The molecule has 0 bridgehead atoms. The Kier molecular flexibility index (Phi) is 4.23. The van der Waals surface area contributed by atoms with E-state index in [0.29, 0.717) is 0 Å². The average molecular weight is 454 g/mol. The third-order valence-corrected chi connectivity index (χ3v) is 7.85. The molecule has 0 spiro atoms. The fourth-order valence-electron chi connectivity index (χ4n) is 5.32. The molecule has 0 saturated heterocycles. The number of thiophene rings is 1. The molecule has 160 valence electrons. The van der Waals surface area contributed by atoms with Crippen LogP contribution in [0, 0.1) is 0 Å². The van der Waals surface area contributed by atoms with Crippen molar-refractivity contribution < 1.29 is 0 Å². The first-order valence-electron chi connectivity index (χ1n) is 11.3. The van der Waals surface area contributed by atoms with Crippen LogP contribution in [-0.4, -0.2) is 15.0 Å². The second-order valence-corrected chi connectivity index (χ2v) is 9.56. The number of nitrogens with zero attached hydrogens (tertiary/aromatic N) is 3. The summed E-state index contributed by atoms with van der Waals surface area (Å²) < 4.78 is 2.61. The monoisotopic (exact) mass is 453 g/mol. The lowest BCUT2D eigenvalue weighted by Crippen LogP contribution is -2.03. The molecule has 7 rings (SSSR count). The van der Waals surface area contributed by atoms with Crippen molar-refractivity contribution in [2.24, 2.45) is 0 Å². The minimum Gasteiger partial charge on any atom is -0.264 e. The quantitative estimate of drug-likeness (QED) is 0.200. The Bertz CT molecular complexity index is 1840. The summed E-state index contributed by atoms with van der Waals surface area (Å²) in [5, 5.41) is 6.31. The molecule has 4 aromatic heterocycles. The average Bonchev–Trinajstić information content (AvgIpc) is 3.29. The molecule has 3 aromatic carbocycles. The van der Waals surface area contributed by atoms with Crippen molar-refractivity contribution in [1.29, 1.82) is 0 Å². The van der Waals surface area contributed by atoms with Crippen LogP contribution in [0.15, 0.2) is 104 Å². The molecule has 0 aliphatic heterocycles. The lowest BCUT2D eigenvalue weighted by molar-refractivity contribution is 1.03. The second kappa shape index (κ2) is 7.44. The zero-order valence-corrected chi connectivity index (χ0v) is 19.1. The van der Waals surface area contributed by atoms with E-state index in [1.54, 1.807) is 0 Å². The highest BCUT2D eigenvalue weighted by Crippen LogP contribution is 2.48. The smallest absolute Gasteiger partial charge is 0.0790 e. The van der Waals surface area contributed by atoms with Crippen LogP contribution in [0.3, 0.4) is 0 Å². The van der Waals surface area contributed by atoms with Gasteiger partial charge in [0.2, 0.25) is 0 Å². The van der Waals surface area contributed by atoms with Gasteiger partial charge in [-0.05, 0) is 52.9 Å². The van der Waals surface area contributed by atoms with Gasteiger partial charge in [-0.1, -0.05) is 36.4 Å². The Morgan fingerprint density at radius 1 is 0.706 bits per heavy atom. The number of hydrogen-bond acceptors (Lipinski definition) is 4. The molecular formula is C30H19N3S. The molecule has 1 atom stereocenters. The van der Waals surface area contributed by atoms with Crippen molar-refractivity contribution in [1.82, 2.24) is 15.0 Å². The van der Waals surface area contributed by atoms with E-state index < -0.39 is 0 Å². The molecule has 4 heterocycles. The Morgan fingerprint density at radius 2 is 1.59 bits per heavy atom. The van der Waals surface area contributed by atoms with Crippen LogP contribution >= 0.6 is 11.3 Å². The Balaban J connectivity index is 1.61. The molecule has 34 heavy (non-hydrogen) atoms. The van der Waals surface area contributed by atoms with E-state index in [4.69, 9.17) is 4.98 Å². The fourth-order valence-corrected chi connectivity index (χ4v) is 6.46. The van der Waals surface area contributed by atoms with Crippen molar-refractivity contribution in [3.8, 4) is 11.3 Å².